The van der Waals surface area contributed by atoms with E-state index < -0.39 is 34.5 Å². The van der Waals surface area contributed by atoms with Crippen LogP contribution in [0.25, 0.3) is 0 Å². The van der Waals surface area contributed by atoms with Gasteiger partial charge >= 0.3 is 5.97 Å². The maximum atomic E-state index is 12.3. The van der Waals surface area contributed by atoms with Crippen molar-refractivity contribution in [2.45, 2.75) is 17.9 Å². The average Bonchev–Trinajstić information content (AvgIpc) is 2.65. The van der Waals surface area contributed by atoms with Crippen molar-refractivity contribution in [3.8, 4) is 5.75 Å². The van der Waals surface area contributed by atoms with Crippen LogP contribution in [0.3, 0.4) is 0 Å². The van der Waals surface area contributed by atoms with E-state index in [9.17, 15) is 18.0 Å². The highest BCUT2D eigenvalue weighted by Gasteiger charge is 2.24. The molecule has 0 aliphatic carbocycles. The van der Waals surface area contributed by atoms with Gasteiger partial charge in [0.2, 0.25) is 10.0 Å². The van der Waals surface area contributed by atoms with E-state index in [1.165, 1.54) is 55.4 Å². The summed E-state index contributed by atoms with van der Waals surface area (Å²) in [6.07, 6.45) is 3.07. The van der Waals surface area contributed by atoms with E-state index in [0.29, 0.717) is 5.75 Å². The standard InChI is InChI=1S/C18H24N2O6S/c1-5-11-20(12-6-2)17(21)13-26-18(22)14(3)19-27(23,24)16-9-7-15(25-4)8-10-16/h5-10,14,19H,1-2,11-13H2,3-4H3. The third-order valence-corrected chi connectivity index (χ3v) is 5.00. The zero-order chi connectivity index (χ0) is 20.4. The molecule has 0 heterocycles. The molecule has 27 heavy (non-hydrogen) atoms. The summed E-state index contributed by atoms with van der Waals surface area (Å²) < 4.78 is 36.7. The molecule has 8 nitrogen and oxygen atoms in total. The normalized spacial score (nSPS) is 11.9. The second-order valence-corrected chi connectivity index (χ2v) is 7.22. The number of carbonyl (C=O) groups is 2. The molecular formula is C18H24N2O6S. The second-order valence-electron chi connectivity index (χ2n) is 5.50. The lowest BCUT2D eigenvalue weighted by molar-refractivity contribution is -0.152. The van der Waals surface area contributed by atoms with Gasteiger partial charge in [-0.3, -0.25) is 9.59 Å². The Morgan fingerprint density at radius 1 is 1.19 bits per heavy atom. The molecule has 0 aliphatic rings. The Balaban J connectivity index is 2.65. The van der Waals surface area contributed by atoms with Gasteiger partial charge in [0.25, 0.3) is 5.91 Å². The van der Waals surface area contributed by atoms with Gasteiger partial charge in [-0.05, 0) is 31.2 Å². The number of nitrogens with zero attached hydrogens (tertiary/aromatic N) is 1. The lowest BCUT2D eigenvalue weighted by Gasteiger charge is -2.20. The van der Waals surface area contributed by atoms with Crippen LogP contribution in [0.15, 0.2) is 54.5 Å². The minimum absolute atomic E-state index is 0.0258. The van der Waals surface area contributed by atoms with Crippen LogP contribution in [0.1, 0.15) is 6.92 Å². The monoisotopic (exact) mass is 396 g/mol. The fraction of sp³-hybridized carbons (Fsp3) is 0.333. The van der Waals surface area contributed by atoms with Crippen LogP contribution < -0.4 is 9.46 Å². The highest BCUT2D eigenvalue weighted by atomic mass is 32.2. The van der Waals surface area contributed by atoms with E-state index in [1.54, 1.807) is 0 Å². The summed E-state index contributed by atoms with van der Waals surface area (Å²) in [4.78, 5) is 25.4. The maximum Gasteiger partial charge on any atom is 0.324 e. The topological polar surface area (TPSA) is 102 Å². The number of rotatable bonds is 11. The van der Waals surface area contributed by atoms with E-state index in [1.807, 2.05) is 0 Å². The SMILES string of the molecule is C=CCN(CC=C)C(=O)COC(=O)C(C)NS(=O)(=O)c1ccc(OC)cc1. The first-order valence-corrected chi connectivity index (χ1v) is 9.56. The van der Waals surface area contributed by atoms with E-state index >= 15 is 0 Å². The summed E-state index contributed by atoms with van der Waals surface area (Å²) in [6, 6.07) is 4.52. The Bertz CT molecular complexity index is 764. The van der Waals surface area contributed by atoms with Gasteiger partial charge in [0, 0.05) is 13.1 Å². The van der Waals surface area contributed by atoms with E-state index in [4.69, 9.17) is 9.47 Å². The minimum Gasteiger partial charge on any atom is -0.497 e. The highest BCUT2D eigenvalue weighted by Crippen LogP contribution is 2.15. The van der Waals surface area contributed by atoms with Crippen molar-refractivity contribution in [1.82, 2.24) is 9.62 Å². The molecule has 1 aromatic carbocycles. The number of amides is 1. The van der Waals surface area contributed by atoms with E-state index in [0.717, 1.165) is 0 Å². The predicted octanol–water partition coefficient (Wildman–Crippen LogP) is 1.11. The molecule has 0 fully saturated rings. The summed E-state index contributed by atoms with van der Waals surface area (Å²) in [5.74, 6) is -0.797. The number of hydrogen-bond donors (Lipinski definition) is 1. The molecule has 1 rings (SSSR count). The van der Waals surface area contributed by atoms with Crippen LogP contribution in [0.2, 0.25) is 0 Å². The molecule has 9 heteroatoms. The average molecular weight is 396 g/mol. The Morgan fingerprint density at radius 2 is 1.74 bits per heavy atom. The largest absolute Gasteiger partial charge is 0.497 e. The Kier molecular flexibility index (Phi) is 8.70. The van der Waals surface area contributed by atoms with Gasteiger partial charge in [-0.25, -0.2) is 8.42 Å². The van der Waals surface area contributed by atoms with Crippen LogP contribution in [0, 0.1) is 0 Å². The van der Waals surface area contributed by atoms with Crippen molar-refractivity contribution < 1.29 is 27.5 Å². The summed E-state index contributed by atoms with van der Waals surface area (Å²) in [7, 11) is -2.47. The zero-order valence-electron chi connectivity index (χ0n) is 15.4. The van der Waals surface area contributed by atoms with E-state index in [-0.39, 0.29) is 18.0 Å². The third kappa shape index (κ3) is 6.87. The number of carbonyl (C=O) groups excluding carboxylic acids is 2. The van der Waals surface area contributed by atoms with Crippen molar-refractivity contribution in [1.29, 1.82) is 0 Å². The van der Waals surface area contributed by atoms with Gasteiger partial charge < -0.3 is 14.4 Å². The molecular weight excluding hydrogens is 372 g/mol. The first kappa shape index (κ1) is 22.4. The molecule has 0 saturated heterocycles. The summed E-state index contributed by atoms with van der Waals surface area (Å²) in [6.45, 7) is 8.48. The van der Waals surface area contributed by atoms with Crippen molar-refractivity contribution in [2.24, 2.45) is 0 Å². The smallest absolute Gasteiger partial charge is 0.324 e. The van der Waals surface area contributed by atoms with Crippen molar-refractivity contribution >= 4 is 21.9 Å². The van der Waals surface area contributed by atoms with Crippen molar-refractivity contribution in [3.63, 3.8) is 0 Å². The Hall–Kier alpha value is -2.65. The van der Waals surface area contributed by atoms with E-state index in [2.05, 4.69) is 17.9 Å². The zero-order valence-corrected chi connectivity index (χ0v) is 16.2. The highest BCUT2D eigenvalue weighted by molar-refractivity contribution is 7.89. The maximum absolute atomic E-state index is 12.3. The number of ether oxygens (including phenoxy) is 2. The number of nitrogens with one attached hydrogen (secondary N) is 1. The fourth-order valence-electron chi connectivity index (χ4n) is 2.04. The molecule has 1 atom stereocenters. The number of benzene rings is 1. The number of esters is 1. The molecule has 0 spiro atoms. The first-order chi connectivity index (χ1) is 12.7. The Labute approximate surface area is 159 Å². The van der Waals surface area contributed by atoms with Crippen molar-refractivity contribution in [3.05, 3.63) is 49.6 Å². The minimum atomic E-state index is -3.93. The summed E-state index contributed by atoms with van der Waals surface area (Å²) >= 11 is 0. The molecule has 0 saturated carbocycles. The number of methoxy groups -OCH3 is 1. The van der Waals surface area contributed by atoms with Gasteiger partial charge in [0.1, 0.15) is 11.8 Å². The molecule has 1 aromatic rings. The summed E-state index contributed by atoms with van der Waals surface area (Å²) in [5.41, 5.74) is 0. The molecule has 1 unspecified atom stereocenters. The molecule has 0 aliphatic heterocycles. The lowest BCUT2D eigenvalue weighted by atomic mass is 10.3. The first-order valence-electron chi connectivity index (χ1n) is 8.07. The van der Waals surface area contributed by atoms with Crippen molar-refractivity contribution in [2.75, 3.05) is 26.8 Å². The predicted molar refractivity (Wildman–Crippen MR) is 101 cm³/mol. The van der Waals surface area contributed by atoms with Crippen LogP contribution in [0.4, 0.5) is 0 Å². The van der Waals surface area contributed by atoms with Crippen LogP contribution in [-0.4, -0.2) is 58.0 Å². The fourth-order valence-corrected chi connectivity index (χ4v) is 3.23. The van der Waals surface area contributed by atoms with Gasteiger partial charge in [-0.15, -0.1) is 13.2 Å². The van der Waals surface area contributed by atoms with Gasteiger partial charge in [-0.1, -0.05) is 12.2 Å². The number of sulfonamides is 1. The second kappa shape index (κ2) is 10.5. The van der Waals surface area contributed by atoms with Gasteiger partial charge in [0.05, 0.1) is 12.0 Å². The molecule has 148 valence electrons. The number of hydrogen-bond acceptors (Lipinski definition) is 6. The molecule has 1 amide bonds. The molecule has 0 bridgehead atoms. The third-order valence-electron chi connectivity index (χ3n) is 3.44. The molecule has 0 aromatic heterocycles. The summed E-state index contributed by atoms with van der Waals surface area (Å²) in [5, 5.41) is 0. The molecule has 1 N–H and O–H groups in total. The van der Waals surface area contributed by atoms with Crippen LogP contribution >= 0.6 is 0 Å². The lowest BCUT2D eigenvalue weighted by Crippen LogP contribution is -2.41. The van der Waals surface area contributed by atoms with Gasteiger partial charge in [-0.2, -0.15) is 4.72 Å². The Morgan fingerprint density at radius 3 is 2.22 bits per heavy atom. The van der Waals surface area contributed by atoms with Crippen LogP contribution in [0.5, 0.6) is 5.75 Å². The quantitative estimate of drug-likeness (QED) is 0.444. The van der Waals surface area contributed by atoms with Crippen LogP contribution in [-0.2, 0) is 24.3 Å². The molecule has 0 radical (unpaired) electrons. The van der Waals surface area contributed by atoms with Gasteiger partial charge in [0.15, 0.2) is 6.61 Å².